The van der Waals surface area contributed by atoms with Crippen molar-refractivity contribution in [3.8, 4) is 23.0 Å². The van der Waals surface area contributed by atoms with Gasteiger partial charge in [-0.05, 0) is 18.2 Å². The van der Waals surface area contributed by atoms with E-state index in [1.807, 2.05) is 6.07 Å². The predicted octanol–water partition coefficient (Wildman–Crippen LogP) is 1.86. The van der Waals surface area contributed by atoms with E-state index in [1.54, 1.807) is 30.5 Å². The van der Waals surface area contributed by atoms with Crippen molar-refractivity contribution >= 4 is 0 Å². The van der Waals surface area contributed by atoms with Gasteiger partial charge >= 0.3 is 6.01 Å². The minimum Gasteiger partial charge on any atom is -0.508 e. The molecule has 2 aromatic rings. The normalized spacial score (nSPS) is 9.93. The van der Waals surface area contributed by atoms with Crippen LogP contribution in [0.5, 0.6) is 11.8 Å². The van der Waals surface area contributed by atoms with Crippen LogP contribution >= 0.6 is 0 Å². The van der Waals surface area contributed by atoms with Crippen LogP contribution in [0.2, 0.25) is 0 Å². The van der Waals surface area contributed by atoms with E-state index >= 15 is 0 Å². The molecule has 0 radical (unpaired) electrons. The van der Waals surface area contributed by atoms with Crippen molar-refractivity contribution in [3.63, 3.8) is 0 Å². The Morgan fingerprint density at radius 2 is 2.13 bits per heavy atom. The number of aromatic nitrogens is 2. The Morgan fingerprint density at radius 3 is 2.87 bits per heavy atom. The number of benzene rings is 1. The van der Waals surface area contributed by atoms with Gasteiger partial charge in [-0.3, -0.25) is 0 Å². The van der Waals surface area contributed by atoms with E-state index in [-0.39, 0.29) is 5.75 Å². The highest BCUT2D eigenvalue weighted by atomic mass is 16.5. The number of rotatable bonds is 2. The number of aromatic hydroxyl groups is 1. The minimum atomic E-state index is 0.213. The van der Waals surface area contributed by atoms with E-state index in [1.165, 1.54) is 7.11 Å². The van der Waals surface area contributed by atoms with Crippen molar-refractivity contribution in [2.45, 2.75) is 0 Å². The average Bonchev–Trinajstić information content (AvgIpc) is 2.29. The molecular weight excluding hydrogens is 192 g/mol. The van der Waals surface area contributed by atoms with Gasteiger partial charge in [-0.25, -0.2) is 4.98 Å². The first-order valence-corrected chi connectivity index (χ1v) is 4.46. The van der Waals surface area contributed by atoms with Crippen LogP contribution in [0.15, 0.2) is 36.5 Å². The molecular formula is C11H10N2O2. The summed E-state index contributed by atoms with van der Waals surface area (Å²) in [5.74, 6) is 0.213. The fourth-order valence-corrected chi connectivity index (χ4v) is 1.27. The van der Waals surface area contributed by atoms with E-state index in [2.05, 4.69) is 9.97 Å². The van der Waals surface area contributed by atoms with Gasteiger partial charge in [0.2, 0.25) is 0 Å². The summed E-state index contributed by atoms with van der Waals surface area (Å²) in [4.78, 5) is 8.07. The Hall–Kier alpha value is -2.10. The minimum absolute atomic E-state index is 0.213. The standard InChI is InChI=1S/C11H10N2O2/c1-15-11-12-6-5-10(13-11)8-3-2-4-9(14)7-8/h2-7,14H,1H3. The molecule has 0 bridgehead atoms. The number of phenols is 1. The molecule has 1 aromatic carbocycles. The van der Waals surface area contributed by atoms with Gasteiger partial charge in [0.1, 0.15) is 5.75 Å². The van der Waals surface area contributed by atoms with Gasteiger partial charge in [-0.1, -0.05) is 12.1 Å². The fraction of sp³-hybridized carbons (Fsp3) is 0.0909. The molecule has 76 valence electrons. The molecule has 1 aromatic heterocycles. The lowest BCUT2D eigenvalue weighted by Gasteiger charge is -2.02. The maximum atomic E-state index is 9.33. The van der Waals surface area contributed by atoms with E-state index in [0.29, 0.717) is 6.01 Å². The summed E-state index contributed by atoms with van der Waals surface area (Å²) in [6, 6.07) is 8.96. The van der Waals surface area contributed by atoms with Crippen molar-refractivity contribution < 1.29 is 9.84 Å². The lowest BCUT2D eigenvalue weighted by Crippen LogP contribution is -1.92. The van der Waals surface area contributed by atoms with Crippen LogP contribution in [0.4, 0.5) is 0 Å². The van der Waals surface area contributed by atoms with E-state index in [0.717, 1.165) is 11.3 Å². The van der Waals surface area contributed by atoms with Gasteiger partial charge in [0, 0.05) is 11.8 Å². The zero-order chi connectivity index (χ0) is 10.7. The van der Waals surface area contributed by atoms with Crippen molar-refractivity contribution in [2.75, 3.05) is 7.11 Å². The smallest absolute Gasteiger partial charge is 0.316 e. The van der Waals surface area contributed by atoms with Crippen molar-refractivity contribution in [1.29, 1.82) is 0 Å². The first kappa shape index (κ1) is 9.45. The van der Waals surface area contributed by atoms with Gasteiger partial charge in [0.15, 0.2) is 0 Å². The molecule has 2 rings (SSSR count). The third kappa shape index (κ3) is 2.04. The highest BCUT2D eigenvalue weighted by molar-refractivity contribution is 5.60. The fourth-order valence-electron chi connectivity index (χ4n) is 1.27. The van der Waals surface area contributed by atoms with Gasteiger partial charge in [-0.2, -0.15) is 4.98 Å². The third-order valence-electron chi connectivity index (χ3n) is 1.96. The molecule has 0 atom stereocenters. The molecule has 0 fully saturated rings. The lowest BCUT2D eigenvalue weighted by molar-refractivity contribution is 0.380. The number of methoxy groups -OCH3 is 1. The summed E-state index contributed by atoms with van der Waals surface area (Å²) in [5, 5.41) is 9.33. The summed E-state index contributed by atoms with van der Waals surface area (Å²) < 4.78 is 4.92. The van der Waals surface area contributed by atoms with Crippen LogP contribution in [0.1, 0.15) is 0 Å². The number of ether oxygens (including phenoxy) is 1. The summed E-state index contributed by atoms with van der Waals surface area (Å²) in [5.41, 5.74) is 1.55. The largest absolute Gasteiger partial charge is 0.508 e. The molecule has 0 unspecified atom stereocenters. The Morgan fingerprint density at radius 1 is 1.27 bits per heavy atom. The van der Waals surface area contributed by atoms with Crippen LogP contribution in [-0.4, -0.2) is 22.2 Å². The molecule has 4 nitrogen and oxygen atoms in total. The summed E-state index contributed by atoms with van der Waals surface area (Å²) in [6.45, 7) is 0. The average molecular weight is 202 g/mol. The van der Waals surface area contributed by atoms with E-state index < -0.39 is 0 Å². The third-order valence-corrected chi connectivity index (χ3v) is 1.96. The summed E-state index contributed by atoms with van der Waals surface area (Å²) >= 11 is 0. The molecule has 1 heterocycles. The van der Waals surface area contributed by atoms with Gasteiger partial charge in [-0.15, -0.1) is 0 Å². The first-order valence-electron chi connectivity index (χ1n) is 4.46. The molecule has 1 N–H and O–H groups in total. The number of hydrogen-bond donors (Lipinski definition) is 1. The highest BCUT2D eigenvalue weighted by Gasteiger charge is 2.02. The predicted molar refractivity (Wildman–Crippen MR) is 55.7 cm³/mol. The van der Waals surface area contributed by atoms with Gasteiger partial charge in [0.05, 0.1) is 12.8 Å². The molecule has 0 aliphatic heterocycles. The zero-order valence-corrected chi connectivity index (χ0v) is 8.21. The zero-order valence-electron chi connectivity index (χ0n) is 8.21. The summed E-state index contributed by atoms with van der Waals surface area (Å²) in [7, 11) is 1.52. The second kappa shape index (κ2) is 3.96. The Kier molecular flexibility index (Phi) is 2.49. The van der Waals surface area contributed by atoms with Crippen molar-refractivity contribution in [3.05, 3.63) is 36.5 Å². The number of phenolic OH excluding ortho intramolecular Hbond substituents is 1. The monoisotopic (exact) mass is 202 g/mol. The number of nitrogens with zero attached hydrogens (tertiary/aromatic N) is 2. The van der Waals surface area contributed by atoms with Gasteiger partial charge < -0.3 is 9.84 Å². The molecule has 0 saturated carbocycles. The van der Waals surface area contributed by atoms with Crippen LogP contribution in [0, 0.1) is 0 Å². The summed E-state index contributed by atoms with van der Waals surface area (Å²) in [6.07, 6.45) is 1.62. The Balaban J connectivity index is 2.44. The van der Waals surface area contributed by atoms with E-state index in [9.17, 15) is 5.11 Å². The highest BCUT2D eigenvalue weighted by Crippen LogP contribution is 2.21. The topological polar surface area (TPSA) is 55.2 Å². The van der Waals surface area contributed by atoms with Gasteiger partial charge in [0.25, 0.3) is 0 Å². The quantitative estimate of drug-likeness (QED) is 0.807. The molecule has 15 heavy (non-hydrogen) atoms. The maximum absolute atomic E-state index is 9.33. The maximum Gasteiger partial charge on any atom is 0.316 e. The lowest BCUT2D eigenvalue weighted by atomic mass is 10.1. The van der Waals surface area contributed by atoms with Crippen LogP contribution < -0.4 is 4.74 Å². The molecule has 0 aliphatic carbocycles. The Bertz CT molecular complexity index is 472. The molecule has 0 aliphatic rings. The SMILES string of the molecule is COc1nccc(-c2cccc(O)c2)n1. The van der Waals surface area contributed by atoms with Crippen LogP contribution in [0.25, 0.3) is 11.3 Å². The van der Waals surface area contributed by atoms with Crippen LogP contribution in [0.3, 0.4) is 0 Å². The Labute approximate surface area is 87.2 Å². The number of hydrogen-bond acceptors (Lipinski definition) is 4. The first-order chi connectivity index (χ1) is 7.29. The molecule has 4 heteroatoms. The second-order valence-corrected chi connectivity index (χ2v) is 2.98. The molecule has 0 amide bonds. The van der Waals surface area contributed by atoms with E-state index in [4.69, 9.17) is 4.74 Å². The van der Waals surface area contributed by atoms with Crippen LogP contribution in [-0.2, 0) is 0 Å². The molecule has 0 saturated heterocycles. The van der Waals surface area contributed by atoms with Crippen molar-refractivity contribution in [2.24, 2.45) is 0 Å². The second-order valence-electron chi connectivity index (χ2n) is 2.98. The van der Waals surface area contributed by atoms with Crippen molar-refractivity contribution in [1.82, 2.24) is 9.97 Å². The molecule has 0 spiro atoms.